The summed E-state index contributed by atoms with van der Waals surface area (Å²) in [6.45, 7) is 6.37. The summed E-state index contributed by atoms with van der Waals surface area (Å²) in [7, 11) is 0. The number of nitrogens with one attached hydrogen (secondary N) is 2. The molecule has 1 aliphatic carbocycles. The molecule has 0 bridgehead atoms. The predicted octanol–water partition coefficient (Wildman–Crippen LogP) is 4.34. The molecule has 5 rings (SSSR count). The van der Waals surface area contributed by atoms with Crippen molar-refractivity contribution in [2.45, 2.75) is 77.2 Å². The third kappa shape index (κ3) is 4.77. The number of rotatable bonds is 5. The van der Waals surface area contributed by atoms with Gasteiger partial charge in [0.15, 0.2) is 5.82 Å². The maximum Gasteiger partial charge on any atom is 0.416 e. The lowest BCUT2D eigenvalue weighted by Crippen LogP contribution is -2.49. The molecule has 36 heavy (non-hydrogen) atoms. The zero-order chi connectivity index (χ0) is 25.5. The highest BCUT2D eigenvalue weighted by Crippen LogP contribution is 2.47. The quantitative estimate of drug-likeness (QED) is 0.632. The minimum absolute atomic E-state index is 0.0676. The Labute approximate surface area is 209 Å². The molecular weight excluding hydrogens is 471 g/mol. The first-order valence-electron chi connectivity index (χ1n) is 12.9. The highest BCUT2D eigenvalue weighted by atomic mass is 19.4. The second kappa shape index (κ2) is 9.78. The predicted molar refractivity (Wildman–Crippen MR) is 128 cm³/mol. The maximum atomic E-state index is 14.0. The molecule has 1 saturated heterocycles. The average molecular weight is 506 g/mol. The van der Waals surface area contributed by atoms with E-state index in [9.17, 15) is 18.0 Å². The van der Waals surface area contributed by atoms with Gasteiger partial charge in [-0.25, -0.2) is 0 Å². The molecule has 3 aliphatic rings. The van der Waals surface area contributed by atoms with Gasteiger partial charge in [-0.3, -0.25) is 4.79 Å². The lowest BCUT2D eigenvalue weighted by Gasteiger charge is -2.40. The Bertz CT molecular complexity index is 1080. The lowest BCUT2D eigenvalue weighted by molar-refractivity contribution is -0.145. The Hall–Kier alpha value is -2.46. The standard InChI is InChI=1S/C26H34F3N5O2/c1-16(2)25(7-3-20(13-25)32-19-5-9-36-10-6-19)24(35)34-8-4-21-17(14-34)11-18(26(27,28)29)12-22(21)23-30-15-31-33-23/h11-12,15-16,19-20,32H,3-10,13-14H2,1-2H3,(H,30,31,33)/t20-,25+/m1/s1. The van der Waals surface area contributed by atoms with Gasteiger partial charge in [0.1, 0.15) is 6.33 Å². The first-order valence-corrected chi connectivity index (χ1v) is 12.9. The van der Waals surface area contributed by atoms with Crippen LogP contribution in [0.3, 0.4) is 0 Å². The molecule has 196 valence electrons. The topological polar surface area (TPSA) is 83.1 Å². The fourth-order valence-corrected chi connectivity index (χ4v) is 6.28. The van der Waals surface area contributed by atoms with Crippen LogP contribution in [-0.4, -0.2) is 57.8 Å². The van der Waals surface area contributed by atoms with E-state index in [1.54, 1.807) is 4.90 Å². The number of carbonyl (C=O) groups is 1. The van der Waals surface area contributed by atoms with Crippen molar-refractivity contribution in [3.63, 3.8) is 0 Å². The monoisotopic (exact) mass is 505 g/mol. The molecule has 2 fully saturated rings. The molecule has 10 heteroatoms. The maximum absolute atomic E-state index is 14.0. The van der Waals surface area contributed by atoms with E-state index in [-0.39, 0.29) is 24.4 Å². The van der Waals surface area contributed by atoms with Gasteiger partial charge in [-0.05, 0) is 67.7 Å². The van der Waals surface area contributed by atoms with Crippen LogP contribution < -0.4 is 5.32 Å². The van der Waals surface area contributed by atoms with Gasteiger partial charge in [-0.15, -0.1) is 10.2 Å². The van der Waals surface area contributed by atoms with Gasteiger partial charge in [0.2, 0.25) is 5.91 Å². The molecule has 1 amide bonds. The highest BCUT2D eigenvalue weighted by molar-refractivity contribution is 5.84. The highest BCUT2D eigenvalue weighted by Gasteiger charge is 2.50. The molecule has 0 radical (unpaired) electrons. The van der Waals surface area contributed by atoms with Gasteiger partial charge >= 0.3 is 6.18 Å². The summed E-state index contributed by atoms with van der Waals surface area (Å²) in [6.07, 6.45) is 1.79. The number of carbonyl (C=O) groups excluding carboxylic acids is 1. The van der Waals surface area contributed by atoms with Crippen molar-refractivity contribution in [2.75, 3.05) is 19.8 Å². The Morgan fingerprint density at radius 1 is 1.22 bits per heavy atom. The number of ether oxygens (including phenoxy) is 1. The zero-order valence-corrected chi connectivity index (χ0v) is 20.8. The second-order valence-corrected chi connectivity index (χ2v) is 10.8. The third-order valence-corrected chi connectivity index (χ3v) is 8.40. The summed E-state index contributed by atoms with van der Waals surface area (Å²) >= 11 is 0. The van der Waals surface area contributed by atoms with Crippen molar-refractivity contribution < 1.29 is 22.7 Å². The summed E-state index contributed by atoms with van der Waals surface area (Å²) in [6, 6.07) is 3.02. The Balaban J connectivity index is 1.39. The summed E-state index contributed by atoms with van der Waals surface area (Å²) in [5, 5.41) is 11.5. The molecule has 2 atom stereocenters. The second-order valence-electron chi connectivity index (χ2n) is 10.8. The van der Waals surface area contributed by atoms with E-state index in [0.29, 0.717) is 36.0 Å². The molecule has 1 aromatic carbocycles. The minimum atomic E-state index is -4.50. The van der Waals surface area contributed by atoms with E-state index < -0.39 is 17.2 Å². The largest absolute Gasteiger partial charge is 0.416 e. The summed E-state index contributed by atoms with van der Waals surface area (Å²) < 4.78 is 46.7. The van der Waals surface area contributed by atoms with Crippen LogP contribution in [0.1, 0.15) is 62.6 Å². The Morgan fingerprint density at radius 2 is 2.00 bits per heavy atom. The fourth-order valence-electron chi connectivity index (χ4n) is 6.28. The van der Waals surface area contributed by atoms with Crippen LogP contribution in [-0.2, 0) is 28.7 Å². The molecule has 2 aromatic rings. The number of nitrogens with zero attached hydrogens (tertiary/aromatic N) is 3. The van der Waals surface area contributed by atoms with Crippen LogP contribution in [0.2, 0.25) is 0 Å². The van der Waals surface area contributed by atoms with Crippen molar-refractivity contribution >= 4 is 5.91 Å². The number of alkyl halides is 3. The van der Waals surface area contributed by atoms with Gasteiger partial charge in [-0.2, -0.15) is 13.2 Å². The van der Waals surface area contributed by atoms with E-state index in [4.69, 9.17) is 4.74 Å². The van der Waals surface area contributed by atoms with Crippen molar-refractivity contribution in [2.24, 2.45) is 11.3 Å². The van der Waals surface area contributed by atoms with Gasteiger partial charge in [0.25, 0.3) is 0 Å². The number of aromatic amines is 1. The molecule has 7 nitrogen and oxygen atoms in total. The molecule has 1 saturated carbocycles. The van der Waals surface area contributed by atoms with Gasteiger partial charge in [0, 0.05) is 44.0 Å². The SMILES string of the molecule is CC(C)[C@]1(C(=O)N2CCc3c(cc(C(F)(F)F)cc3-c3nnc[nH]3)C2)CC[C@@H](NC2CCOCC2)C1. The number of hydrogen-bond acceptors (Lipinski definition) is 5. The van der Waals surface area contributed by atoms with Crippen LogP contribution in [0.4, 0.5) is 13.2 Å². The molecule has 2 aliphatic heterocycles. The fraction of sp³-hybridized carbons (Fsp3) is 0.654. The van der Waals surface area contributed by atoms with E-state index in [0.717, 1.165) is 56.9 Å². The molecule has 0 unspecified atom stereocenters. The number of H-pyrrole nitrogens is 1. The van der Waals surface area contributed by atoms with Crippen molar-refractivity contribution in [1.82, 2.24) is 25.4 Å². The number of hydrogen-bond donors (Lipinski definition) is 2. The van der Waals surface area contributed by atoms with Crippen molar-refractivity contribution in [3.8, 4) is 11.4 Å². The first-order chi connectivity index (χ1) is 17.2. The van der Waals surface area contributed by atoms with Crippen LogP contribution in [0, 0.1) is 11.3 Å². The van der Waals surface area contributed by atoms with Crippen LogP contribution in [0.25, 0.3) is 11.4 Å². The van der Waals surface area contributed by atoms with E-state index in [2.05, 4.69) is 34.3 Å². The molecular formula is C26H34F3N5O2. The summed E-state index contributed by atoms with van der Waals surface area (Å²) in [5.74, 6) is 0.519. The lowest BCUT2D eigenvalue weighted by atomic mass is 9.73. The normalized spacial score (nSPS) is 25.4. The first kappa shape index (κ1) is 25.2. The molecule has 0 spiro atoms. The smallest absolute Gasteiger partial charge is 0.381 e. The average Bonchev–Trinajstić information content (AvgIpc) is 3.54. The Morgan fingerprint density at radius 3 is 2.67 bits per heavy atom. The molecule has 3 heterocycles. The zero-order valence-electron chi connectivity index (χ0n) is 20.8. The summed E-state index contributed by atoms with van der Waals surface area (Å²) in [5.41, 5.74) is 0.500. The van der Waals surface area contributed by atoms with Crippen molar-refractivity contribution in [1.29, 1.82) is 0 Å². The van der Waals surface area contributed by atoms with Crippen molar-refractivity contribution in [3.05, 3.63) is 35.2 Å². The van der Waals surface area contributed by atoms with Crippen LogP contribution in [0.15, 0.2) is 18.5 Å². The van der Waals surface area contributed by atoms with E-state index >= 15 is 0 Å². The number of amides is 1. The third-order valence-electron chi connectivity index (χ3n) is 8.40. The number of benzene rings is 1. The molecule has 2 N–H and O–H groups in total. The minimum Gasteiger partial charge on any atom is -0.381 e. The van der Waals surface area contributed by atoms with Gasteiger partial charge < -0.3 is 19.9 Å². The number of aromatic nitrogens is 3. The number of halogens is 3. The van der Waals surface area contributed by atoms with Gasteiger partial charge in [0.05, 0.1) is 11.0 Å². The van der Waals surface area contributed by atoms with E-state index in [1.807, 2.05) is 0 Å². The van der Waals surface area contributed by atoms with Crippen LogP contribution in [0.5, 0.6) is 0 Å². The van der Waals surface area contributed by atoms with Crippen LogP contribution >= 0.6 is 0 Å². The summed E-state index contributed by atoms with van der Waals surface area (Å²) in [4.78, 5) is 18.7. The molecule has 1 aromatic heterocycles. The van der Waals surface area contributed by atoms with Gasteiger partial charge in [-0.1, -0.05) is 13.8 Å². The van der Waals surface area contributed by atoms with E-state index in [1.165, 1.54) is 12.4 Å². The number of fused-ring (bicyclic) bond motifs is 1. The Kier molecular flexibility index (Phi) is 6.84.